The van der Waals surface area contributed by atoms with Crippen molar-refractivity contribution < 1.29 is 58.1 Å². The van der Waals surface area contributed by atoms with Crippen molar-refractivity contribution in [2.45, 2.75) is 0 Å². The zero-order valence-electron chi connectivity index (χ0n) is 17.7. The van der Waals surface area contributed by atoms with Crippen molar-refractivity contribution in [2.75, 3.05) is 21.3 Å². The summed E-state index contributed by atoms with van der Waals surface area (Å²) in [6, 6.07) is 0.564. The summed E-state index contributed by atoms with van der Waals surface area (Å²) in [6.07, 6.45) is 0. The van der Waals surface area contributed by atoms with Gasteiger partial charge in [-0.05, 0) is 14.9 Å². The van der Waals surface area contributed by atoms with Crippen LogP contribution in [-0.2, 0) is 0 Å². The van der Waals surface area contributed by atoms with Gasteiger partial charge in [0.25, 0.3) is 0 Å². The Morgan fingerprint density at radius 2 is 0.914 bits per heavy atom. The maximum atomic E-state index is 15.2. The van der Waals surface area contributed by atoms with Crippen molar-refractivity contribution in [3.63, 3.8) is 0 Å². The largest absolute Gasteiger partial charge is 0.494 e. The Bertz CT molecular complexity index is 1260. The van der Waals surface area contributed by atoms with Gasteiger partial charge in [0.05, 0.1) is 21.3 Å². The second kappa shape index (κ2) is 9.87. The second-order valence-electron chi connectivity index (χ2n) is 6.85. The first-order valence-electron chi connectivity index (χ1n) is 9.25. The molecular formula is C21H11AlF10O3. The average molecular weight is 528 g/mol. The molecule has 3 rings (SSSR count). The number of benzene rings is 3. The number of hydrogen-bond acceptors (Lipinski definition) is 3. The lowest BCUT2D eigenvalue weighted by Gasteiger charge is -2.21. The topological polar surface area (TPSA) is 27.7 Å². The fourth-order valence-electron chi connectivity index (χ4n) is 3.50. The third kappa shape index (κ3) is 4.14. The molecule has 3 aromatic carbocycles. The molecule has 0 bridgehead atoms. The molecule has 0 aromatic heterocycles. The molecule has 0 unspecified atom stereocenters. The minimum atomic E-state index is -4.84. The highest BCUT2D eigenvalue weighted by Gasteiger charge is 2.44. The standard InChI is InChI=1S/2C7H3F4O.C7H5F2O.Al/c2*1-12-7-4(9)2-3(8)5(10)6(7)11;1-10-7-3-2-5(8)4-6(7)9;/h2*1H3;3-4H,1H3;. The van der Waals surface area contributed by atoms with Gasteiger partial charge in [-0.25, -0.2) is 35.1 Å². The van der Waals surface area contributed by atoms with Crippen molar-refractivity contribution in [1.29, 1.82) is 0 Å². The van der Waals surface area contributed by atoms with E-state index in [1.807, 2.05) is 0 Å². The summed E-state index contributed by atoms with van der Waals surface area (Å²) in [4.78, 5) is 0. The smallest absolute Gasteiger partial charge is 0.408 e. The number of hydrogen-bond donors (Lipinski definition) is 0. The van der Waals surface area contributed by atoms with Crippen LogP contribution in [0, 0.1) is 58.2 Å². The molecule has 0 aliphatic carbocycles. The van der Waals surface area contributed by atoms with Crippen LogP contribution >= 0.6 is 0 Å². The lowest BCUT2D eigenvalue weighted by molar-refractivity contribution is 0.337. The van der Waals surface area contributed by atoms with E-state index >= 15 is 8.78 Å². The average Bonchev–Trinajstić information content (AvgIpc) is 2.81. The quantitative estimate of drug-likeness (QED) is 0.212. The van der Waals surface area contributed by atoms with Gasteiger partial charge in [-0.1, -0.05) is 4.43 Å². The zero-order chi connectivity index (χ0) is 26.4. The van der Waals surface area contributed by atoms with E-state index in [1.165, 1.54) is 0 Å². The molecule has 0 saturated carbocycles. The summed E-state index contributed by atoms with van der Waals surface area (Å²) in [5.74, 6) is -24.8. The predicted octanol–water partition coefficient (Wildman–Crippen LogP) is 3.62. The van der Waals surface area contributed by atoms with Crippen LogP contribution in [0.25, 0.3) is 0 Å². The monoisotopic (exact) mass is 528 g/mol. The predicted molar refractivity (Wildman–Crippen MR) is 103 cm³/mol. The van der Waals surface area contributed by atoms with E-state index in [4.69, 9.17) is 0 Å². The summed E-state index contributed by atoms with van der Waals surface area (Å²) >= 11 is -4.84. The highest BCUT2D eigenvalue weighted by atomic mass is 27.2. The minimum Gasteiger partial charge on any atom is -0.494 e. The van der Waals surface area contributed by atoms with Gasteiger partial charge >= 0.3 is 14.1 Å². The Kier molecular flexibility index (Phi) is 7.47. The van der Waals surface area contributed by atoms with Crippen LogP contribution in [-0.4, -0.2) is 35.5 Å². The Labute approximate surface area is 194 Å². The normalized spacial score (nSPS) is 11.0. The van der Waals surface area contributed by atoms with Gasteiger partial charge in [0, 0.05) is 6.07 Å². The van der Waals surface area contributed by atoms with Gasteiger partial charge in [0.15, 0.2) is 58.0 Å². The van der Waals surface area contributed by atoms with Crippen molar-refractivity contribution in [3.8, 4) is 17.2 Å². The summed E-state index contributed by atoms with van der Waals surface area (Å²) in [7, 11) is 2.17. The highest BCUT2D eigenvalue weighted by Crippen LogP contribution is 2.29. The van der Waals surface area contributed by atoms with E-state index in [0.29, 0.717) is 20.3 Å². The Hall–Kier alpha value is -3.11. The molecule has 0 spiro atoms. The maximum Gasteiger partial charge on any atom is 0.408 e. The van der Waals surface area contributed by atoms with Gasteiger partial charge < -0.3 is 14.2 Å². The van der Waals surface area contributed by atoms with E-state index in [-0.39, 0.29) is 6.07 Å². The van der Waals surface area contributed by atoms with Crippen molar-refractivity contribution in [2.24, 2.45) is 0 Å². The Morgan fingerprint density at radius 3 is 1.29 bits per heavy atom. The molecule has 186 valence electrons. The number of rotatable bonds is 6. The van der Waals surface area contributed by atoms with Gasteiger partial charge in [0.2, 0.25) is 11.6 Å². The fourth-order valence-corrected chi connectivity index (χ4v) is 6.62. The lowest BCUT2D eigenvalue weighted by atomic mass is 10.2. The van der Waals surface area contributed by atoms with E-state index in [2.05, 4.69) is 14.2 Å². The van der Waals surface area contributed by atoms with Gasteiger partial charge in [-0.15, -0.1) is 0 Å². The molecule has 0 fully saturated rings. The van der Waals surface area contributed by atoms with Crippen molar-refractivity contribution in [1.82, 2.24) is 0 Å². The van der Waals surface area contributed by atoms with Crippen molar-refractivity contribution >= 4 is 27.4 Å². The van der Waals surface area contributed by atoms with Crippen LogP contribution in [0.4, 0.5) is 43.9 Å². The molecule has 0 radical (unpaired) electrons. The van der Waals surface area contributed by atoms with Crippen molar-refractivity contribution in [3.05, 3.63) is 70.3 Å². The van der Waals surface area contributed by atoms with Gasteiger partial charge in [0.1, 0.15) is 5.82 Å². The van der Waals surface area contributed by atoms with Crippen LogP contribution in [0.2, 0.25) is 0 Å². The highest BCUT2D eigenvalue weighted by molar-refractivity contribution is 6.95. The Morgan fingerprint density at radius 1 is 0.486 bits per heavy atom. The zero-order valence-corrected chi connectivity index (χ0v) is 18.9. The first-order chi connectivity index (χ1) is 16.4. The number of halogens is 10. The fraction of sp³-hybridized carbons (Fsp3) is 0.143. The molecule has 35 heavy (non-hydrogen) atoms. The number of ether oxygens (including phenoxy) is 3. The third-order valence-corrected chi connectivity index (χ3v) is 8.31. The van der Waals surface area contributed by atoms with Crippen LogP contribution in [0.5, 0.6) is 17.2 Å². The SMILES string of the molecule is COc1c[c]([Al]([c]2c(F)c(F)c(F)c(OC)c2F)[c]2c(F)c(F)c(F)c(OC)c2F)c(F)cc1F. The molecule has 0 N–H and O–H groups in total. The summed E-state index contributed by atoms with van der Waals surface area (Å²) < 4.78 is 155. The van der Waals surface area contributed by atoms with Gasteiger partial charge in [-0.3, -0.25) is 0 Å². The molecule has 3 nitrogen and oxygen atoms in total. The Balaban J connectivity index is 2.61. The van der Waals surface area contributed by atoms with Crippen LogP contribution in [0.15, 0.2) is 12.1 Å². The van der Waals surface area contributed by atoms with Crippen LogP contribution in [0.1, 0.15) is 0 Å². The van der Waals surface area contributed by atoms with E-state index in [0.717, 1.165) is 7.11 Å². The lowest BCUT2D eigenvalue weighted by Crippen LogP contribution is -2.58. The molecule has 0 aliphatic heterocycles. The van der Waals surface area contributed by atoms with E-state index in [1.54, 1.807) is 0 Å². The van der Waals surface area contributed by atoms with E-state index in [9.17, 15) is 35.1 Å². The molecule has 0 saturated heterocycles. The minimum absolute atomic E-state index is 0.119. The second-order valence-corrected chi connectivity index (χ2v) is 9.49. The molecule has 0 heterocycles. The molecule has 0 atom stereocenters. The molecule has 3 aromatic rings. The van der Waals surface area contributed by atoms with Crippen LogP contribution in [0.3, 0.4) is 0 Å². The number of methoxy groups -OCH3 is 3. The molecule has 0 amide bonds. The first kappa shape index (κ1) is 26.5. The first-order valence-corrected chi connectivity index (χ1v) is 11.0. The molecule has 14 heteroatoms. The summed E-state index contributed by atoms with van der Waals surface area (Å²) in [5, 5.41) is 0. The third-order valence-electron chi connectivity index (χ3n) is 5.08. The van der Waals surface area contributed by atoms with Gasteiger partial charge in [-0.2, -0.15) is 8.78 Å². The summed E-state index contributed by atoms with van der Waals surface area (Å²) in [5.41, 5.74) is 0. The molecule has 0 aliphatic rings. The van der Waals surface area contributed by atoms with E-state index < -0.39 is 103 Å². The van der Waals surface area contributed by atoms with Crippen LogP contribution < -0.4 is 27.5 Å². The summed E-state index contributed by atoms with van der Waals surface area (Å²) in [6.45, 7) is 0. The maximum absolute atomic E-state index is 15.2. The molecular weight excluding hydrogens is 517 g/mol.